The Balaban J connectivity index is 1.48. The second-order valence-electron chi connectivity index (χ2n) is 7.01. The smallest absolute Gasteiger partial charge is 0.343 e. The van der Waals surface area contributed by atoms with Gasteiger partial charge >= 0.3 is 5.97 Å². The molecule has 3 aromatic carbocycles. The van der Waals surface area contributed by atoms with Gasteiger partial charge in [0.2, 0.25) is 0 Å². The fraction of sp³-hybridized carbons (Fsp3) is 0.120. The van der Waals surface area contributed by atoms with Gasteiger partial charge in [0.05, 0.1) is 32.5 Å². The molecule has 0 aromatic heterocycles. The third kappa shape index (κ3) is 7.41. The van der Waals surface area contributed by atoms with Crippen molar-refractivity contribution in [3.8, 4) is 17.2 Å². The summed E-state index contributed by atoms with van der Waals surface area (Å²) in [6, 6.07) is 18.1. The quantitative estimate of drug-likeness (QED) is 0.186. The SMILES string of the molecule is COc1ccc(C(=O)Oc2ccc(/C=N/NC(=O)CNC(=O)c3cccc(Br)c3)cc2)cc1OC. The van der Waals surface area contributed by atoms with Crippen LogP contribution in [0.2, 0.25) is 0 Å². The van der Waals surface area contributed by atoms with Crippen molar-refractivity contribution >= 4 is 39.9 Å². The van der Waals surface area contributed by atoms with Gasteiger partial charge in [-0.25, -0.2) is 10.2 Å². The highest BCUT2D eigenvalue weighted by Crippen LogP contribution is 2.28. The van der Waals surface area contributed by atoms with E-state index in [1.807, 2.05) is 0 Å². The summed E-state index contributed by atoms with van der Waals surface area (Å²) >= 11 is 3.29. The lowest BCUT2D eigenvalue weighted by Gasteiger charge is -2.09. The van der Waals surface area contributed by atoms with Crippen LogP contribution in [-0.4, -0.2) is 44.8 Å². The predicted molar refractivity (Wildman–Crippen MR) is 133 cm³/mol. The predicted octanol–water partition coefficient (Wildman–Crippen LogP) is 3.57. The van der Waals surface area contributed by atoms with Crippen molar-refractivity contribution in [2.45, 2.75) is 0 Å². The third-order valence-electron chi connectivity index (χ3n) is 4.61. The first-order valence-corrected chi connectivity index (χ1v) is 11.1. The Hall–Kier alpha value is -4.18. The Morgan fingerprint density at radius 1 is 0.914 bits per heavy atom. The number of hydrogen-bond acceptors (Lipinski definition) is 7. The minimum Gasteiger partial charge on any atom is -0.493 e. The second kappa shape index (κ2) is 12.3. The van der Waals surface area contributed by atoms with Crippen molar-refractivity contribution in [2.24, 2.45) is 5.10 Å². The molecule has 0 aliphatic heterocycles. The van der Waals surface area contributed by atoms with Crippen LogP contribution < -0.4 is 25.0 Å². The topological polar surface area (TPSA) is 115 Å². The van der Waals surface area contributed by atoms with Crippen LogP contribution in [0.3, 0.4) is 0 Å². The fourth-order valence-corrected chi connectivity index (χ4v) is 3.26. The zero-order valence-corrected chi connectivity index (χ0v) is 20.5. The molecule has 0 fully saturated rings. The van der Waals surface area contributed by atoms with Gasteiger partial charge in [0.1, 0.15) is 5.75 Å². The molecule has 35 heavy (non-hydrogen) atoms. The van der Waals surface area contributed by atoms with E-state index in [0.29, 0.717) is 33.9 Å². The first-order chi connectivity index (χ1) is 16.9. The van der Waals surface area contributed by atoms with E-state index in [-0.39, 0.29) is 12.5 Å². The number of benzene rings is 3. The molecule has 0 heterocycles. The van der Waals surface area contributed by atoms with Gasteiger partial charge in [-0.1, -0.05) is 22.0 Å². The van der Waals surface area contributed by atoms with Crippen LogP contribution in [0, 0.1) is 0 Å². The zero-order valence-electron chi connectivity index (χ0n) is 18.9. The Labute approximate surface area is 210 Å². The Bertz CT molecular complexity index is 1240. The lowest BCUT2D eigenvalue weighted by Crippen LogP contribution is -2.34. The van der Waals surface area contributed by atoms with Crippen LogP contribution >= 0.6 is 15.9 Å². The minimum absolute atomic E-state index is 0.228. The number of hydrogen-bond donors (Lipinski definition) is 2. The number of halogens is 1. The molecule has 0 saturated heterocycles. The van der Waals surface area contributed by atoms with E-state index in [2.05, 4.69) is 31.8 Å². The van der Waals surface area contributed by atoms with Gasteiger partial charge in [0, 0.05) is 10.0 Å². The average Bonchev–Trinajstić information content (AvgIpc) is 2.87. The maximum Gasteiger partial charge on any atom is 0.343 e. The fourth-order valence-electron chi connectivity index (χ4n) is 2.86. The Morgan fingerprint density at radius 2 is 1.66 bits per heavy atom. The summed E-state index contributed by atoms with van der Waals surface area (Å²) in [5.41, 5.74) is 3.74. The van der Waals surface area contributed by atoms with Crippen LogP contribution in [0.4, 0.5) is 0 Å². The van der Waals surface area contributed by atoms with Crippen molar-refractivity contribution < 1.29 is 28.6 Å². The molecule has 0 saturated carbocycles. The number of esters is 1. The van der Waals surface area contributed by atoms with E-state index < -0.39 is 11.9 Å². The van der Waals surface area contributed by atoms with E-state index in [1.165, 1.54) is 26.5 Å². The summed E-state index contributed by atoms with van der Waals surface area (Å²) in [6.07, 6.45) is 1.42. The molecular formula is C25H22BrN3O6. The summed E-state index contributed by atoms with van der Waals surface area (Å²) in [5.74, 6) is -0.144. The molecule has 0 radical (unpaired) electrons. The summed E-state index contributed by atoms with van der Waals surface area (Å²) in [4.78, 5) is 36.4. The molecular weight excluding hydrogens is 518 g/mol. The largest absolute Gasteiger partial charge is 0.493 e. The zero-order chi connectivity index (χ0) is 25.2. The van der Waals surface area contributed by atoms with Crippen molar-refractivity contribution in [2.75, 3.05) is 20.8 Å². The Kier molecular flexibility index (Phi) is 8.96. The standard InChI is InChI=1S/C25H22BrN3O6/c1-33-21-11-8-18(13-22(21)34-2)25(32)35-20-9-6-16(7-10-20)14-28-29-23(30)15-27-24(31)17-4-3-5-19(26)12-17/h3-14H,15H2,1-2H3,(H,27,31)(H,29,30)/b28-14+. The molecule has 0 bridgehead atoms. The van der Waals surface area contributed by atoms with Gasteiger partial charge in [0.25, 0.3) is 11.8 Å². The van der Waals surface area contributed by atoms with Gasteiger partial charge in [-0.05, 0) is 66.2 Å². The number of ether oxygens (including phenoxy) is 3. The number of nitrogens with one attached hydrogen (secondary N) is 2. The minimum atomic E-state index is -0.551. The van der Waals surface area contributed by atoms with Gasteiger partial charge in [-0.2, -0.15) is 5.10 Å². The molecule has 180 valence electrons. The highest BCUT2D eigenvalue weighted by atomic mass is 79.9. The maximum atomic E-state index is 12.4. The van der Waals surface area contributed by atoms with Gasteiger partial charge in [0.15, 0.2) is 11.5 Å². The lowest BCUT2D eigenvalue weighted by molar-refractivity contribution is -0.120. The normalized spacial score (nSPS) is 10.5. The first-order valence-electron chi connectivity index (χ1n) is 10.3. The Morgan fingerprint density at radius 3 is 2.34 bits per heavy atom. The monoisotopic (exact) mass is 539 g/mol. The summed E-state index contributed by atoms with van der Waals surface area (Å²) in [6.45, 7) is -0.228. The lowest BCUT2D eigenvalue weighted by atomic mass is 10.2. The molecule has 3 aromatic rings. The van der Waals surface area contributed by atoms with E-state index in [9.17, 15) is 14.4 Å². The first kappa shape index (κ1) is 25.4. The van der Waals surface area contributed by atoms with E-state index >= 15 is 0 Å². The van der Waals surface area contributed by atoms with E-state index in [0.717, 1.165) is 4.47 Å². The van der Waals surface area contributed by atoms with Gasteiger partial charge in [-0.15, -0.1) is 0 Å². The van der Waals surface area contributed by atoms with E-state index in [1.54, 1.807) is 60.7 Å². The van der Waals surface area contributed by atoms with Crippen molar-refractivity contribution in [3.05, 3.63) is 87.9 Å². The molecule has 0 aliphatic carbocycles. The van der Waals surface area contributed by atoms with Gasteiger partial charge < -0.3 is 19.5 Å². The molecule has 2 amide bonds. The average molecular weight is 540 g/mol. The number of carbonyl (C=O) groups is 3. The molecule has 2 N–H and O–H groups in total. The number of hydrazone groups is 1. The van der Waals surface area contributed by atoms with Crippen LogP contribution in [-0.2, 0) is 4.79 Å². The maximum absolute atomic E-state index is 12.4. The number of amides is 2. The summed E-state index contributed by atoms with van der Waals surface area (Å²) < 4.78 is 16.5. The van der Waals surface area contributed by atoms with Crippen molar-refractivity contribution in [1.29, 1.82) is 0 Å². The van der Waals surface area contributed by atoms with Crippen molar-refractivity contribution in [3.63, 3.8) is 0 Å². The number of nitrogens with zero attached hydrogens (tertiary/aromatic N) is 1. The molecule has 10 heteroatoms. The highest BCUT2D eigenvalue weighted by Gasteiger charge is 2.13. The second-order valence-corrected chi connectivity index (χ2v) is 7.93. The van der Waals surface area contributed by atoms with E-state index in [4.69, 9.17) is 14.2 Å². The molecule has 0 aliphatic rings. The third-order valence-corrected chi connectivity index (χ3v) is 5.10. The van der Waals surface area contributed by atoms with Crippen molar-refractivity contribution in [1.82, 2.24) is 10.7 Å². The number of carbonyl (C=O) groups excluding carboxylic acids is 3. The molecule has 9 nitrogen and oxygen atoms in total. The summed E-state index contributed by atoms with van der Waals surface area (Å²) in [5, 5.41) is 6.38. The molecule has 0 atom stereocenters. The molecule has 0 spiro atoms. The van der Waals surface area contributed by atoms with Gasteiger partial charge in [-0.3, -0.25) is 9.59 Å². The molecule has 3 rings (SSSR count). The molecule has 0 unspecified atom stereocenters. The van der Waals surface area contributed by atoms with Crippen LogP contribution in [0.15, 0.2) is 76.3 Å². The summed E-state index contributed by atoms with van der Waals surface area (Å²) in [7, 11) is 2.99. The van der Waals surface area contributed by atoms with Crippen LogP contribution in [0.5, 0.6) is 17.2 Å². The number of methoxy groups -OCH3 is 2. The highest BCUT2D eigenvalue weighted by molar-refractivity contribution is 9.10. The van der Waals surface area contributed by atoms with Crippen LogP contribution in [0.1, 0.15) is 26.3 Å². The van der Waals surface area contributed by atoms with Crippen LogP contribution in [0.25, 0.3) is 0 Å². The number of rotatable bonds is 9.